The standard InChI is InChI=1S/C113H168O20/c1-63(81-30-34-85-78-27-24-69-50-73(114)42-46-106(69,5)89(78)55-94(117)110(81,85)9)20-39-99(121)128-60-102(124)131-76-45-49-109(8)72(53-76)54-93(132-103(125)61-129-100(122)40-21-64(2)82-31-35-86-79-28-25-70-51-74(115)43-47-107(70,6)90(79)56-95(118)111(82,86)10)105-88-37-33-84(66(4)23-38-98(120)127-59-68-18-15-17-67-16-13-14-19-77(67)68)113(88,12)97(58-92(105)109)133-104(126)62-130-101(123)41-22-65(3)83-32-36-87-80-29-26-71-52-75(116)44-48-108(71,7)91(80)57-96(119)112(83,87)11/h13-19,63-66,69-76,78-97,105,114-119H,20-62H2,1-12H3/t63-,64-,65-,66-,69-,70-,71-,72+,73-,74-,75-,76-,78+,79+,80+,81-,82-,83-,84-,85+,86+,87+,88+,89+,90+,91+,92+,93-,94+,95+,96+,97+,105+,106+,107+,108+,109+,110-,111-,112-,113-/m1/s1. The largest absolute Gasteiger partial charge is 0.461 e. The van der Waals surface area contributed by atoms with Crippen LogP contribution in [0.25, 0.3) is 10.8 Å². The van der Waals surface area contributed by atoms with Gasteiger partial charge in [-0.2, -0.15) is 0 Å². The number of rotatable bonds is 27. The van der Waals surface area contributed by atoms with Gasteiger partial charge in [0.05, 0.1) is 36.6 Å². The van der Waals surface area contributed by atoms with E-state index in [1.165, 1.54) is 0 Å². The van der Waals surface area contributed by atoms with Gasteiger partial charge >= 0.3 is 41.8 Å². The first-order valence-corrected chi connectivity index (χ1v) is 54.1. The molecule has 20 nitrogen and oxygen atoms in total. The number of ether oxygens (including phenoxy) is 7. The van der Waals surface area contributed by atoms with E-state index in [0.717, 1.165) is 177 Å². The zero-order valence-electron chi connectivity index (χ0n) is 82.9. The van der Waals surface area contributed by atoms with Crippen LogP contribution in [0.15, 0.2) is 42.5 Å². The molecular formula is C113H168O20. The van der Waals surface area contributed by atoms with Gasteiger partial charge in [0.25, 0.3) is 0 Å². The Balaban J connectivity index is 0.548. The number of carbonyl (C=O) groups is 7. The van der Waals surface area contributed by atoms with Crippen molar-refractivity contribution in [3.8, 4) is 0 Å². The zero-order valence-corrected chi connectivity index (χ0v) is 82.9. The smallest absolute Gasteiger partial charge is 0.344 e. The first-order chi connectivity index (χ1) is 63.3. The topological polar surface area (TPSA) is 305 Å². The summed E-state index contributed by atoms with van der Waals surface area (Å²) >= 11 is 0. The van der Waals surface area contributed by atoms with E-state index in [1.807, 2.05) is 42.5 Å². The van der Waals surface area contributed by atoms with Crippen LogP contribution in [0.3, 0.4) is 0 Å². The third-order valence-corrected chi connectivity index (χ3v) is 45.3. The maximum Gasteiger partial charge on any atom is 0.344 e. The molecule has 0 heterocycles. The number of hydrogen-bond acceptors (Lipinski definition) is 20. The Morgan fingerprint density at radius 3 is 1.14 bits per heavy atom. The predicted molar refractivity (Wildman–Crippen MR) is 504 cm³/mol. The lowest BCUT2D eigenvalue weighted by Gasteiger charge is -2.64. The van der Waals surface area contributed by atoms with E-state index in [9.17, 15) is 59.4 Å². The monoisotopic (exact) mass is 1850 g/mol. The van der Waals surface area contributed by atoms with Gasteiger partial charge < -0.3 is 63.8 Å². The molecule has 6 N–H and O–H groups in total. The molecule has 0 spiro atoms. The lowest BCUT2D eigenvalue weighted by molar-refractivity contribution is -0.228. The number of aliphatic hydroxyl groups is 6. The molecule has 16 aliphatic rings. The summed E-state index contributed by atoms with van der Waals surface area (Å²) in [4.78, 5) is 100. The fraction of sp³-hybridized carbons (Fsp3) is 0.850. The predicted octanol–water partition coefficient (Wildman–Crippen LogP) is 19.8. The highest BCUT2D eigenvalue weighted by Gasteiger charge is 2.71. The van der Waals surface area contributed by atoms with Crippen LogP contribution in [0.2, 0.25) is 0 Å². The highest BCUT2D eigenvalue weighted by atomic mass is 16.6. The van der Waals surface area contributed by atoms with Crippen molar-refractivity contribution in [2.75, 3.05) is 19.8 Å². The van der Waals surface area contributed by atoms with Gasteiger partial charge in [-0.3, -0.25) is 19.2 Å². The van der Waals surface area contributed by atoms with E-state index in [4.69, 9.17) is 33.2 Å². The average Bonchev–Trinajstić information content (AvgIpc) is 1.64. The molecule has 16 saturated carbocycles. The van der Waals surface area contributed by atoms with Crippen LogP contribution >= 0.6 is 0 Å². The Bertz CT molecular complexity index is 4520. The lowest BCUT2D eigenvalue weighted by Crippen LogP contribution is -2.63. The zero-order chi connectivity index (χ0) is 94.1. The van der Waals surface area contributed by atoms with Crippen LogP contribution in [0.5, 0.6) is 0 Å². The molecule has 0 aliphatic heterocycles. The summed E-state index contributed by atoms with van der Waals surface area (Å²) in [7, 11) is 0. The number of benzene rings is 2. The molecular weight excluding hydrogens is 1680 g/mol. The molecule has 18 rings (SSSR count). The lowest BCUT2D eigenvalue weighted by atomic mass is 9.43. The minimum atomic E-state index is -0.751. The van der Waals surface area contributed by atoms with Crippen molar-refractivity contribution in [3.05, 3.63) is 48.0 Å². The molecule has 16 aliphatic carbocycles. The first kappa shape index (κ1) is 98.0. The Morgan fingerprint density at radius 2 is 0.699 bits per heavy atom. The van der Waals surface area contributed by atoms with E-state index in [-0.39, 0.29) is 160 Å². The SMILES string of the molecule is C[C@H](CCC(=O)OCC(=O)O[C@@H]1CC[C@@]2(C)[C@@H](C1)C[C@@H](OC(=O)COC(=O)CC[C@@H](C)[C@H]1CC[C@H]3[C@@H]4CC[C@@H]5C[C@H](O)CC[C@]5(C)[C@H]4C[C@H](O)[C@]13C)[C@@H]1[C@@H]2C[C@H](OC(=O)COC(=O)CC[C@@H](C)[C@H]2CC[C@H]3[C@@H]4CC[C@@H]5C[C@H](O)CC[C@]5(C)[C@H]4C[C@H](O)[C@]23C)[C@]2(C)[C@@H]([C@H](C)CCC(=O)OCc3cccc4ccccc34)CC[C@@H]12)[C@H]1CC[C@H]2[C@@H]3CC[C@@H]4C[C@H](O)CC[C@]4(C)[C@H]3C[C@H](O)[C@]12C. The van der Waals surface area contributed by atoms with Gasteiger partial charge in [0.15, 0.2) is 19.8 Å². The van der Waals surface area contributed by atoms with Crippen molar-refractivity contribution in [2.45, 2.75) is 395 Å². The van der Waals surface area contributed by atoms with Crippen LogP contribution in [0, 0.1) is 185 Å². The number of carbonyl (C=O) groups excluding carboxylic acids is 7. The number of fused-ring (bicyclic) bond motifs is 21. The molecule has 41 atom stereocenters. The maximum absolute atomic E-state index is 15.0. The van der Waals surface area contributed by atoms with Crippen molar-refractivity contribution in [1.29, 1.82) is 0 Å². The van der Waals surface area contributed by atoms with E-state index in [2.05, 4.69) is 83.1 Å². The molecule has 0 radical (unpaired) electrons. The van der Waals surface area contributed by atoms with Gasteiger partial charge in [-0.1, -0.05) is 126 Å². The number of hydrogen-bond donors (Lipinski definition) is 6. The summed E-state index contributed by atoms with van der Waals surface area (Å²) in [6, 6.07) is 14.1. The molecule has 0 aromatic heterocycles. The van der Waals surface area contributed by atoms with Crippen molar-refractivity contribution < 1.29 is 97.4 Å². The normalized spacial score (nSPS) is 46.1. The number of esters is 7. The van der Waals surface area contributed by atoms with Gasteiger partial charge in [-0.25, -0.2) is 14.4 Å². The quantitative estimate of drug-likeness (QED) is 0.0358. The molecule has 2 aromatic rings. The molecule has 133 heavy (non-hydrogen) atoms. The Morgan fingerprint density at radius 1 is 0.331 bits per heavy atom. The minimum absolute atomic E-state index is 0.0735. The van der Waals surface area contributed by atoms with Crippen LogP contribution in [-0.4, -0.2) is 147 Å². The molecule has 16 fully saturated rings. The molecule has 0 unspecified atom stereocenters. The van der Waals surface area contributed by atoms with Gasteiger partial charge in [0.1, 0.15) is 24.9 Å². The van der Waals surface area contributed by atoms with E-state index >= 15 is 4.79 Å². The van der Waals surface area contributed by atoms with Crippen molar-refractivity contribution in [3.63, 3.8) is 0 Å². The van der Waals surface area contributed by atoms with Crippen LogP contribution in [-0.2, 0) is 73.3 Å². The fourth-order valence-electron chi connectivity index (χ4n) is 38.0. The third kappa shape index (κ3) is 17.6. The Kier molecular flexibility index (Phi) is 28.2. The Hall–Kier alpha value is -5.25. The second kappa shape index (κ2) is 38.3. The summed E-state index contributed by atoms with van der Waals surface area (Å²) in [5, 5.41) is 71.3. The van der Waals surface area contributed by atoms with Crippen LogP contribution in [0.4, 0.5) is 0 Å². The highest BCUT2D eigenvalue weighted by molar-refractivity contribution is 5.86. The molecule has 20 heteroatoms. The highest BCUT2D eigenvalue weighted by Crippen LogP contribution is 2.75. The van der Waals surface area contributed by atoms with Crippen molar-refractivity contribution >= 4 is 52.6 Å². The first-order valence-electron chi connectivity index (χ1n) is 54.1. The van der Waals surface area contributed by atoms with Gasteiger partial charge in [0, 0.05) is 37.0 Å². The molecule has 0 bridgehead atoms. The minimum Gasteiger partial charge on any atom is -0.461 e. The van der Waals surface area contributed by atoms with Gasteiger partial charge in [0.2, 0.25) is 0 Å². The Labute approximate surface area is 793 Å². The van der Waals surface area contributed by atoms with E-state index < -0.39 is 103 Å². The maximum atomic E-state index is 15.0. The van der Waals surface area contributed by atoms with Gasteiger partial charge in [-0.05, 0) is 415 Å². The molecule has 0 amide bonds. The third-order valence-electron chi connectivity index (χ3n) is 45.3. The summed E-state index contributed by atoms with van der Waals surface area (Å²) in [6.07, 6.45) is 25.8. The molecule has 0 saturated heterocycles. The average molecular weight is 1850 g/mol. The van der Waals surface area contributed by atoms with Crippen LogP contribution in [0.1, 0.15) is 339 Å². The second-order valence-electron chi connectivity index (χ2n) is 50.4. The van der Waals surface area contributed by atoms with Crippen molar-refractivity contribution in [1.82, 2.24) is 0 Å². The second-order valence-corrected chi connectivity index (χ2v) is 50.4. The summed E-state index contributed by atoms with van der Waals surface area (Å²) in [5.41, 5.74) is -0.766. The summed E-state index contributed by atoms with van der Waals surface area (Å²) < 4.78 is 44.0. The number of aliphatic hydroxyl groups excluding tert-OH is 6. The van der Waals surface area contributed by atoms with E-state index in [0.29, 0.717) is 135 Å². The summed E-state index contributed by atoms with van der Waals surface area (Å²) in [6.45, 7) is 26.0. The summed E-state index contributed by atoms with van der Waals surface area (Å²) in [5.74, 6) is 1.84. The molecule has 740 valence electrons. The van der Waals surface area contributed by atoms with Crippen molar-refractivity contribution in [2.24, 2.45) is 185 Å². The molecule has 2 aromatic carbocycles. The van der Waals surface area contributed by atoms with Gasteiger partial charge in [-0.15, -0.1) is 0 Å². The fourth-order valence-corrected chi connectivity index (χ4v) is 38.0. The van der Waals surface area contributed by atoms with E-state index in [1.54, 1.807) is 0 Å². The van der Waals surface area contributed by atoms with Crippen LogP contribution < -0.4 is 0 Å².